The molecular weight excluding hydrogens is 668 g/mol. The minimum absolute atomic E-state index is 0.0285. The number of anilines is 1. The molecule has 3 aromatic carbocycles. The molecule has 0 spiro atoms. The summed E-state index contributed by atoms with van der Waals surface area (Å²) >= 11 is 0. The summed E-state index contributed by atoms with van der Waals surface area (Å²) < 4.78 is 93.0. The van der Waals surface area contributed by atoms with Crippen LogP contribution in [-0.4, -0.2) is 53.1 Å². The summed E-state index contributed by atoms with van der Waals surface area (Å²) in [5, 5.41) is 10.2. The lowest BCUT2D eigenvalue weighted by atomic mass is 9.95. The predicted molar refractivity (Wildman–Crippen MR) is 171 cm³/mol. The Kier molecular flexibility index (Phi) is 8.91. The van der Waals surface area contributed by atoms with Crippen LogP contribution in [0.3, 0.4) is 0 Å². The molecule has 1 amide bonds. The molecule has 0 unspecified atom stereocenters. The van der Waals surface area contributed by atoms with E-state index in [1.807, 2.05) is 11.0 Å². The molecule has 2 saturated heterocycles. The number of carbonyl (C=O) groups excluding carboxylic acids is 2. The number of phenols is 1. The second kappa shape index (κ2) is 12.9. The van der Waals surface area contributed by atoms with Gasteiger partial charge in [-0.1, -0.05) is 12.1 Å². The van der Waals surface area contributed by atoms with Crippen LogP contribution in [0.1, 0.15) is 59.1 Å². The molecule has 0 radical (unpaired) electrons. The van der Waals surface area contributed by atoms with Crippen molar-refractivity contribution in [2.75, 3.05) is 25.1 Å². The SMILES string of the molecule is COc1ccc(-c2ccc(O)c(C(C)=O)c2)cc1-c1ccc(N2CCC2)nc1CN1C(=O)O[C@H](c2cc(C(F)(F)F)cc(C(F)(F)F)c2)[C@@H]1C. The Hall–Kier alpha value is -5.27. The Morgan fingerprint density at radius 2 is 1.56 bits per heavy atom. The van der Waals surface area contributed by atoms with E-state index < -0.39 is 47.3 Å². The zero-order valence-electron chi connectivity index (χ0n) is 27.0. The summed E-state index contributed by atoms with van der Waals surface area (Å²) in [6, 6.07) is 13.7. The number of hydrogen-bond donors (Lipinski definition) is 1. The Morgan fingerprint density at radius 1 is 0.920 bits per heavy atom. The fourth-order valence-corrected chi connectivity index (χ4v) is 6.14. The minimum Gasteiger partial charge on any atom is -0.507 e. The maximum Gasteiger partial charge on any atom is 0.416 e. The number of alkyl halides is 6. The van der Waals surface area contributed by atoms with Crippen LogP contribution in [0, 0.1) is 0 Å². The van der Waals surface area contributed by atoms with Crippen LogP contribution in [0.2, 0.25) is 0 Å². The van der Waals surface area contributed by atoms with Crippen molar-refractivity contribution in [1.82, 2.24) is 9.88 Å². The van der Waals surface area contributed by atoms with Crippen LogP contribution in [0.5, 0.6) is 11.5 Å². The summed E-state index contributed by atoms with van der Waals surface area (Å²) in [6.45, 7) is 4.14. The third kappa shape index (κ3) is 6.66. The van der Waals surface area contributed by atoms with E-state index in [2.05, 4.69) is 0 Å². The van der Waals surface area contributed by atoms with Crippen LogP contribution in [0.15, 0.2) is 66.7 Å². The number of rotatable bonds is 8. The topological polar surface area (TPSA) is 92.2 Å². The van der Waals surface area contributed by atoms with Gasteiger partial charge in [-0.05, 0) is 91.6 Å². The molecule has 2 aliphatic heterocycles. The van der Waals surface area contributed by atoms with Crippen LogP contribution < -0.4 is 9.64 Å². The number of nitrogens with zero attached hydrogens (tertiary/aromatic N) is 3. The van der Waals surface area contributed by atoms with Gasteiger partial charge in [-0.25, -0.2) is 9.78 Å². The summed E-state index contributed by atoms with van der Waals surface area (Å²) in [5.74, 6) is 0.584. The van der Waals surface area contributed by atoms with Crippen molar-refractivity contribution >= 4 is 17.7 Å². The molecule has 1 N–H and O–H groups in total. The highest BCUT2D eigenvalue weighted by molar-refractivity contribution is 5.98. The molecule has 2 fully saturated rings. The standard InChI is InChI=1S/C36H31F6N3O5/c1-19-33(23-13-24(35(37,38)39)17-25(14-23)36(40,41)42)50-34(48)45(19)18-29-26(7-10-32(43-29)44-11-4-12-44)28-16-22(6-9-31(28)49-3)21-5-8-30(47)27(15-21)20(2)46/h5-10,13-17,19,33,47H,4,11-12,18H2,1-3H3/t19-,33-/m0/s1. The van der Waals surface area contributed by atoms with Crippen molar-refractivity contribution in [1.29, 1.82) is 0 Å². The fraction of sp³-hybridized carbons (Fsp3) is 0.306. The van der Waals surface area contributed by atoms with Gasteiger partial charge in [-0.3, -0.25) is 9.69 Å². The van der Waals surface area contributed by atoms with Gasteiger partial charge in [-0.2, -0.15) is 26.3 Å². The smallest absolute Gasteiger partial charge is 0.416 e. The molecule has 0 bridgehead atoms. The van der Waals surface area contributed by atoms with Crippen LogP contribution in [0.4, 0.5) is 37.0 Å². The molecule has 6 rings (SSSR count). The van der Waals surface area contributed by atoms with Gasteiger partial charge in [0.25, 0.3) is 0 Å². The number of benzene rings is 3. The number of methoxy groups -OCH3 is 1. The van der Waals surface area contributed by atoms with Crippen molar-refractivity contribution < 1.29 is 50.5 Å². The van der Waals surface area contributed by atoms with E-state index in [4.69, 9.17) is 14.5 Å². The molecule has 4 aromatic rings. The maximum absolute atomic E-state index is 13.6. The average Bonchev–Trinajstić information content (AvgIpc) is 3.31. The lowest BCUT2D eigenvalue weighted by molar-refractivity contribution is -0.143. The Balaban J connectivity index is 1.41. The van der Waals surface area contributed by atoms with E-state index in [1.165, 1.54) is 31.9 Å². The maximum atomic E-state index is 13.6. The van der Waals surface area contributed by atoms with E-state index in [0.29, 0.717) is 51.6 Å². The second-order valence-electron chi connectivity index (χ2n) is 12.2. The number of Topliss-reactive ketones (excluding diaryl/α,β-unsaturated/α-hetero) is 1. The summed E-state index contributed by atoms with van der Waals surface area (Å²) in [6.07, 6.45) is -11.6. The van der Waals surface area contributed by atoms with E-state index in [1.54, 1.807) is 36.4 Å². The number of aromatic nitrogens is 1. The zero-order chi connectivity index (χ0) is 36.1. The Bertz CT molecular complexity index is 1940. The number of ketones is 1. The quantitative estimate of drug-likeness (QED) is 0.145. The van der Waals surface area contributed by atoms with Gasteiger partial charge in [0.1, 0.15) is 23.4 Å². The van der Waals surface area contributed by atoms with Crippen molar-refractivity contribution in [3.63, 3.8) is 0 Å². The number of cyclic esters (lactones) is 1. The first-order chi connectivity index (χ1) is 23.5. The first kappa shape index (κ1) is 34.6. The van der Waals surface area contributed by atoms with E-state index in [0.717, 1.165) is 19.5 Å². The number of ether oxygens (including phenoxy) is 2. The number of amides is 1. The highest BCUT2D eigenvalue weighted by Crippen LogP contribution is 2.43. The van der Waals surface area contributed by atoms with Gasteiger partial charge in [0.2, 0.25) is 0 Å². The van der Waals surface area contributed by atoms with Gasteiger partial charge < -0.3 is 19.5 Å². The molecule has 0 saturated carbocycles. The van der Waals surface area contributed by atoms with Crippen LogP contribution >= 0.6 is 0 Å². The van der Waals surface area contributed by atoms with Gasteiger partial charge in [-0.15, -0.1) is 0 Å². The van der Waals surface area contributed by atoms with E-state index in [-0.39, 0.29) is 29.7 Å². The largest absolute Gasteiger partial charge is 0.507 e. The van der Waals surface area contributed by atoms with E-state index >= 15 is 0 Å². The van der Waals surface area contributed by atoms with Crippen molar-refractivity contribution in [2.24, 2.45) is 0 Å². The van der Waals surface area contributed by atoms with Crippen molar-refractivity contribution in [3.8, 4) is 33.8 Å². The third-order valence-electron chi connectivity index (χ3n) is 8.99. The lowest BCUT2D eigenvalue weighted by Gasteiger charge is -2.33. The molecule has 2 aliphatic rings. The lowest BCUT2D eigenvalue weighted by Crippen LogP contribution is -2.38. The Labute approximate surface area is 282 Å². The summed E-state index contributed by atoms with van der Waals surface area (Å²) in [7, 11) is 1.48. The molecule has 2 atom stereocenters. The molecule has 50 heavy (non-hydrogen) atoms. The predicted octanol–water partition coefficient (Wildman–Crippen LogP) is 8.66. The number of carbonyl (C=O) groups is 2. The van der Waals surface area contributed by atoms with E-state index in [9.17, 15) is 41.0 Å². The highest BCUT2D eigenvalue weighted by atomic mass is 19.4. The Morgan fingerprint density at radius 3 is 2.14 bits per heavy atom. The molecule has 3 heterocycles. The van der Waals surface area contributed by atoms with Gasteiger partial charge >= 0.3 is 18.4 Å². The molecule has 262 valence electrons. The summed E-state index contributed by atoms with van der Waals surface area (Å²) in [5.41, 5.74) is -0.541. The summed E-state index contributed by atoms with van der Waals surface area (Å²) in [4.78, 5) is 33.5. The molecule has 0 aliphatic carbocycles. The molecule has 1 aromatic heterocycles. The normalized spacial score (nSPS) is 17.8. The first-order valence-electron chi connectivity index (χ1n) is 15.6. The molecule has 14 heteroatoms. The minimum atomic E-state index is -5.07. The highest BCUT2D eigenvalue weighted by Gasteiger charge is 2.43. The zero-order valence-corrected chi connectivity index (χ0v) is 27.0. The van der Waals surface area contributed by atoms with Crippen LogP contribution in [0.25, 0.3) is 22.3 Å². The number of halogens is 6. The van der Waals surface area contributed by atoms with Gasteiger partial charge in [0.05, 0.1) is 42.1 Å². The number of aromatic hydroxyl groups is 1. The molecule has 8 nitrogen and oxygen atoms in total. The van der Waals surface area contributed by atoms with Gasteiger partial charge in [0, 0.05) is 24.2 Å². The number of phenolic OH excluding ortho intramolecular Hbond substituents is 1. The van der Waals surface area contributed by atoms with Crippen molar-refractivity contribution in [3.05, 3.63) is 94.7 Å². The monoisotopic (exact) mass is 699 g/mol. The number of hydrogen-bond acceptors (Lipinski definition) is 7. The average molecular weight is 700 g/mol. The van der Waals surface area contributed by atoms with Gasteiger partial charge in [0.15, 0.2) is 5.78 Å². The second-order valence-corrected chi connectivity index (χ2v) is 12.2. The van der Waals surface area contributed by atoms with Crippen molar-refractivity contribution in [2.45, 2.75) is 51.3 Å². The number of pyridine rings is 1. The fourth-order valence-electron chi connectivity index (χ4n) is 6.14. The molecular formula is C36H31F6N3O5. The van der Waals surface area contributed by atoms with Crippen LogP contribution in [-0.2, 0) is 23.6 Å². The third-order valence-corrected chi connectivity index (χ3v) is 8.99. The first-order valence-corrected chi connectivity index (χ1v) is 15.6.